The normalized spacial score (nSPS) is 18.9. The molecule has 0 bridgehead atoms. The maximum atomic E-state index is 14.2. The Kier molecular flexibility index (Phi) is 6.57. The molecular formula is C22H27FN2O3S. The predicted octanol–water partition coefficient (Wildman–Crippen LogP) is 3.67. The van der Waals surface area contributed by atoms with Gasteiger partial charge < -0.3 is 9.80 Å². The molecule has 1 fully saturated rings. The molecule has 3 rings (SSSR count). The largest absolute Gasteiger partial charge is 0.372 e. The lowest BCUT2D eigenvalue weighted by Gasteiger charge is -2.23. The molecule has 7 heteroatoms. The summed E-state index contributed by atoms with van der Waals surface area (Å²) < 4.78 is 39.7. The highest BCUT2D eigenvalue weighted by Gasteiger charge is 2.34. The lowest BCUT2D eigenvalue weighted by Crippen LogP contribution is -2.33. The van der Waals surface area contributed by atoms with Crippen molar-refractivity contribution in [3.05, 3.63) is 65.5 Å². The van der Waals surface area contributed by atoms with E-state index in [0.29, 0.717) is 5.56 Å². The van der Waals surface area contributed by atoms with Crippen LogP contribution < -0.4 is 4.90 Å². The average molecular weight is 419 g/mol. The number of carbonyl (C=O) groups is 1. The van der Waals surface area contributed by atoms with E-state index in [2.05, 4.69) is 18.7 Å². The molecular weight excluding hydrogens is 391 g/mol. The van der Waals surface area contributed by atoms with E-state index in [1.165, 1.54) is 12.1 Å². The lowest BCUT2D eigenvalue weighted by atomic mass is 10.1. The van der Waals surface area contributed by atoms with E-state index in [0.717, 1.165) is 18.8 Å². The van der Waals surface area contributed by atoms with E-state index in [1.54, 1.807) is 29.2 Å². The van der Waals surface area contributed by atoms with Crippen molar-refractivity contribution in [3.8, 4) is 0 Å². The van der Waals surface area contributed by atoms with Gasteiger partial charge >= 0.3 is 0 Å². The second-order valence-electron chi connectivity index (χ2n) is 7.18. The van der Waals surface area contributed by atoms with Crippen molar-refractivity contribution >= 4 is 21.4 Å². The van der Waals surface area contributed by atoms with Crippen LogP contribution in [0.1, 0.15) is 41.4 Å². The quantitative estimate of drug-likeness (QED) is 0.743. The third-order valence-corrected chi connectivity index (χ3v) is 7.63. The number of hydrogen-bond acceptors (Lipinski definition) is 4. The maximum absolute atomic E-state index is 14.2. The van der Waals surface area contributed by atoms with Gasteiger partial charge in [0.05, 0.1) is 11.0 Å². The topological polar surface area (TPSA) is 57.7 Å². The summed E-state index contributed by atoms with van der Waals surface area (Å²) in [6, 6.07) is 13.4. The number of rotatable bonds is 5. The zero-order valence-electron chi connectivity index (χ0n) is 16.8. The number of carbonyl (C=O) groups excluding carboxylic acids is 1. The molecule has 1 unspecified atom stereocenters. The van der Waals surface area contributed by atoms with Gasteiger partial charge in [0.1, 0.15) is 5.82 Å². The molecule has 5 nitrogen and oxygen atoms in total. The van der Waals surface area contributed by atoms with Crippen LogP contribution in [0.2, 0.25) is 0 Å². The molecule has 156 valence electrons. The summed E-state index contributed by atoms with van der Waals surface area (Å²) in [4.78, 5) is 16.7. The molecule has 1 saturated heterocycles. The maximum Gasteiger partial charge on any atom is 0.253 e. The van der Waals surface area contributed by atoms with Gasteiger partial charge in [-0.2, -0.15) is 0 Å². The van der Waals surface area contributed by atoms with E-state index in [1.807, 2.05) is 12.1 Å². The van der Waals surface area contributed by atoms with E-state index < -0.39 is 20.9 Å². The molecule has 2 aromatic rings. The summed E-state index contributed by atoms with van der Waals surface area (Å²) in [5.41, 5.74) is 1.76. The zero-order valence-corrected chi connectivity index (χ0v) is 17.7. The van der Waals surface area contributed by atoms with Gasteiger partial charge in [0.2, 0.25) is 0 Å². The van der Waals surface area contributed by atoms with Gasteiger partial charge in [0, 0.05) is 43.0 Å². The van der Waals surface area contributed by atoms with Crippen LogP contribution in [0.3, 0.4) is 0 Å². The molecule has 1 aliphatic heterocycles. The van der Waals surface area contributed by atoms with Gasteiger partial charge in [-0.25, -0.2) is 12.8 Å². The average Bonchev–Trinajstić information content (AvgIpc) is 2.87. The SMILES string of the molecule is CCN(CC)c1ccc(C(=O)N2CCC(c3ccccc3F)S(=O)(=O)CC2)cc1. The number of amides is 1. The predicted molar refractivity (Wildman–Crippen MR) is 113 cm³/mol. The highest BCUT2D eigenvalue weighted by atomic mass is 32.2. The van der Waals surface area contributed by atoms with E-state index in [9.17, 15) is 17.6 Å². The Hall–Kier alpha value is -2.41. The molecule has 0 spiro atoms. The van der Waals surface area contributed by atoms with Crippen molar-refractivity contribution in [3.63, 3.8) is 0 Å². The number of hydrogen-bond donors (Lipinski definition) is 0. The Morgan fingerprint density at radius 2 is 1.72 bits per heavy atom. The van der Waals surface area contributed by atoms with Crippen LogP contribution in [0, 0.1) is 5.82 Å². The van der Waals surface area contributed by atoms with Crippen LogP contribution in [0.25, 0.3) is 0 Å². The first-order chi connectivity index (χ1) is 13.9. The Morgan fingerprint density at radius 3 is 2.34 bits per heavy atom. The minimum atomic E-state index is -3.55. The van der Waals surface area contributed by atoms with Crippen molar-refractivity contribution in [2.24, 2.45) is 0 Å². The summed E-state index contributed by atoms with van der Waals surface area (Å²) in [7, 11) is -3.55. The summed E-state index contributed by atoms with van der Waals surface area (Å²) >= 11 is 0. The van der Waals surface area contributed by atoms with Crippen LogP contribution in [0.15, 0.2) is 48.5 Å². The first-order valence-electron chi connectivity index (χ1n) is 9.97. The van der Waals surface area contributed by atoms with Crippen molar-refractivity contribution < 1.29 is 17.6 Å². The number of anilines is 1. The standard InChI is InChI=1S/C22H27FN2O3S/c1-3-24(4-2)18-11-9-17(10-12-18)22(26)25-14-13-21(29(27,28)16-15-25)19-7-5-6-8-20(19)23/h5-12,21H,3-4,13-16H2,1-2H3. The Morgan fingerprint density at radius 1 is 1.07 bits per heavy atom. The zero-order chi connectivity index (χ0) is 21.0. The molecule has 0 radical (unpaired) electrons. The number of sulfone groups is 1. The number of nitrogens with zero attached hydrogens (tertiary/aromatic N) is 2. The molecule has 1 heterocycles. The van der Waals surface area contributed by atoms with Crippen molar-refractivity contribution in [1.29, 1.82) is 0 Å². The molecule has 1 aliphatic rings. The third kappa shape index (κ3) is 4.61. The monoisotopic (exact) mass is 418 g/mol. The summed E-state index contributed by atoms with van der Waals surface area (Å²) in [6.07, 6.45) is 0.187. The fourth-order valence-electron chi connectivity index (χ4n) is 3.82. The van der Waals surface area contributed by atoms with Crippen molar-refractivity contribution in [2.75, 3.05) is 36.8 Å². The van der Waals surface area contributed by atoms with E-state index >= 15 is 0 Å². The minimum absolute atomic E-state index is 0.115. The van der Waals surface area contributed by atoms with Gasteiger partial charge in [-0.15, -0.1) is 0 Å². The summed E-state index contributed by atoms with van der Waals surface area (Å²) in [5, 5.41) is -0.924. The minimum Gasteiger partial charge on any atom is -0.372 e. The third-order valence-electron chi connectivity index (χ3n) is 5.52. The van der Waals surface area contributed by atoms with E-state index in [4.69, 9.17) is 0 Å². The van der Waals surface area contributed by atoms with Crippen LogP contribution >= 0.6 is 0 Å². The van der Waals surface area contributed by atoms with E-state index in [-0.39, 0.29) is 36.7 Å². The molecule has 1 atom stereocenters. The van der Waals surface area contributed by atoms with Crippen LogP contribution in [-0.2, 0) is 9.84 Å². The second-order valence-corrected chi connectivity index (χ2v) is 9.48. The molecule has 0 N–H and O–H groups in total. The van der Waals surface area contributed by atoms with Gasteiger partial charge in [0.25, 0.3) is 5.91 Å². The smallest absolute Gasteiger partial charge is 0.253 e. The van der Waals surface area contributed by atoms with Crippen LogP contribution in [0.5, 0.6) is 0 Å². The molecule has 1 amide bonds. The van der Waals surface area contributed by atoms with Gasteiger partial charge in [-0.05, 0) is 50.6 Å². The van der Waals surface area contributed by atoms with Gasteiger partial charge in [-0.3, -0.25) is 4.79 Å². The Bertz CT molecular complexity index is 956. The lowest BCUT2D eigenvalue weighted by molar-refractivity contribution is 0.0766. The van der Waals surface area contributed by atoms with Gasteiger partial charge in [0.15, 0.2) is 9.84 Å². The van der Waals surface area contributed by atoms with Crippen LogP contribution in [-0.4, -0.2) is 51.2 Å². The second kappa shape index (κ2) is 8.95. The first kappa shape index (κ1) is 21.3. The Labute approximate surface area is 172 Å². The fraction of sp³-hybridized carbons (Fsp3) is 0.409. The van der Waals surface area contributed by atoms with Gasteiger partial charge in [-0.1, -0.05) is 18.2 Å². The molecule has 0 aliphatic carbocycles. The first-order valence-corrected chi connectivity index (χ1v) is 11.7. The Balaban J connectivity index is 1.78. The highest BCUT2D eigenvalue weighted by Crippen LogP contribution is 2.31. The molecule has 2 aromatic carbocycles. The summed E-state index contributed by atoms with van der Waals surface area (Å²) in [6.45, 7) is 6.30. The molecule has 0 aromatic heterocycles. The van der Waals surface area contributed by atoms with Crippen molar-refractivity contribution in [2.45, 2.75) is 25.5 Å². The van der Waals surface area contributed by atoms with Crippen molar-refractivity contribution in [1.82, 2.24) is 4.90 Å². The highest BCUT2D eigenvalue weighted by molar-refractivity contribution is 7.91. The number of halogens is 1. The van der Waals surface area contributed by atoms with Crippen LogP contribution in [0.4, 0.5) is 10.1 Å². The summed E-state index contributed by atoms with van der Waals surface area (Å²) in [5.74, 6) is -0.886. The molecule has 29 heavy (non-hydrogen) atoms. The number of benzene rings is 2. The fourth-order valence-corrected chi connectivity index (χ4v) is 5.62. The molecule has 0 saturated carbocycles.